The number of benzene rings is 1. The molecule has 6 heteroatoms. The lowest BCUT2D eigenvalue weighted by Gasteiger charge is -2.06. The summed E-state index contributed by atoms with van der Waals surface area (Å²) >= 11 is 5.98. The van der Waals surface area contributed by atoms with E-state index in [1.165, 1.54) is 6.08 Å². The minimum absolute atomic E-state index is 0.138. The van der Waals surface area contributed by atoms with Crippen LogP contribution < -0.4 is 10.6 Å². The first kappa shape index (κ1) is 17.7. The standard InChI is InChI=1S/C18H19ClN4O/c1-2-21-9-8-16(20)18(24)23-17-7-6-14(12-22-17)10-13-4-3-5-15(19)11-13/h3-9,11-12,20-21H,2,10H2,1H3,(H,22,23,24)/b9-8-,20-16?. The van der Waals surface area contributed by atoms with E-state index < -0.39 is 5.91 Å². The number of anilines is 1. The first-order chi connectivity index (χ1) is 11.6. The topological polar surface area (TPSA) is 77.9 Å². The number of aromatic nitrogens is 1. The highest BCUT2D eigenvalue weighted by Gasteiger charge is 2.07. The lowest BCUT2D eigenvalue weighted by molar-refractivity contribution is -0.110. The summed E-state index contributed by atoms with van der Waals surface area (Å²) < 4.78 is 0. The van der Waals surface area contributed by atoms with Crippen molar-refractivity contribution in [2.45, 2.75) is 13.3 Å². The molecule has 0 aliphatic heterocycles. The molecule has 2 rings (SSSR count). The van der Waals surface area contributed by atoms with Gasteiger partial charge in [-0.3, -0.25) is 10.2 Å². The minimum atomic E-state index is -0.501. The maximum absolute atomic E-state index is 11.9. The Bertz CT molecular complexity index is 741. The van der Waals surface area contributed by atoms with Gasteiger partial charge in [0, 0.05) is 17.8 Å². The molecule has 0 radical (unpaired) electrons. The van der Waals surface area contributed by atoms with E-state index in [4.69, 9.17) is 17.0 Å². The zero-order valence-electron chi connectivity index (χ0n) is 13.3. The number of nitrogens with zero attached hydrogens (tertiary/aromatic N) is 1. The summed E-state index contributed by atoms with van der Waals surface area (Å²) in [7, 11) is 0. The average Bonchev–Trinajstić information content (AvgIpc) is 2.57. The van der Waals surface area contributed by atoms with E-state index in [0.29, 0.717) is 17.3 Å². The molecule has 0 unspecified atom stereocenters. The van der Waals surface area contributed by atoms with Gasteiger partial charge in [-0.2, -0.15) is 0 Å². The number of carbonyl (C=O) groups excluding carboxylic acids is 1. The van der Waals surface area contributed by atoms with Crippen LogP contribution in [-0.4, -0.2) is 23.1 Å². The van der Waals surface area contributed by atoms with E-state index in [0.717, 1.165) is 17.7 Å². The number of hydrogen-bond donors (Lipinski definition) is 3. The first-order valence-corrected chi connectivity index (χ1v) is 7.95. The highest BCUT2D eigenvalue weighted by molar-refractivity contribution is 6.45. The zero-order chi connectivity index (χ0) is 17.4. The molecule has 5 nitrogen and oxygen atoms in total. The molecule has 1 heterocycles. The third-order valence-electron chi connectivity index (χ3n) is 3.18. The minimum Gasteiger partial charge on any atom is -0.391 e. The Kier molecular flexibility index (Phi) is 6.51. The van der Waals surface area contributed by atoms with Gasteiger partial charge in [-0.05, 0) is 54.9 Å². The predicted octanol–water partition coefficient (Wildman–Crippen LogP) is 3.41. The van der Waals surface area contributed by atoms with Crippen molar-refractivity contribution in [3.05, 3.63) is 71.0 Å². The van der Waals surface area contributed by atoms with Crippen LogP contribution in [0.3, 0.4) is 0 Å². The highest BCUT2D eigenvalue weighted by Crippen LogP contribution is 2.15. The molecule has 2 aromatic rings. The quantitative estimate of drug-likeness (QED) is 0.675. The molecule has 0 spiro atoms. The number of hydrogen-bond acceptors (Lipinski definition) is 4. The number of amides is 1. The molecule has 0 saturated heterocycles. The van der Waals surface area contributed by atoms with Crippen LogP contribution in [0.5, 0.6) is 0 Å². The van der Waals surface area contributed by atoms with Gasteiger partial charge >= 0.3 is 0 Å². The SMILES string of the molecule is CCN/C=C\C(=N)C(=O)Nc1ccc(Cc2cccc(Cl)c2)cn1. The third-order valence-corrected chi connectivity index (χ3v) is 3.42. The number of nitrogens with one attached hydrogen (secondary N) is 3. The maximum atomic E-state index is 11.9. The van der Waals surface area contributed by atoms with Crippen molar-refractivity contribution in [2.75, 3.05) is 11.9 Å². The van der Waals surface area contributed by atoms with Gasteiger partial charge in [0.2, 0.25) is 0 Å². The molecule has 1 amide bonds. The van der Waals surface area contributed by atoms with Crippen molar-refractivity contribution in [1.82, 2.24) is 10.3 Å². The summed E-state index contributed by atoms with van der Waals surface area (Å²) in [5.41, 5.74) is 1.97. The normalized spacial score (nSPS) is 10.6. The summed E-state index contributed by atoms with van der Waals surface area (Å²) in [5, 5.41) is 13.9. The Morgan fingerprint density at radius 1 is 1.29 bits per heavy atom. The monoisotopic (exact) mass is 342 g/mol. The zero-order valence-corrected chi connectivity index (χ0v) is 14.1. The van der Waals surface area contributed by atoms with Crippen LogP contribution in [0.15, 0.2) is 54.9 Å². The van der Waals surface area contributed by atoms with Gasteiger partial charge in [-0.15, -0.1) is 0 Å². The summed E-state index contributed by atoms with van der Waals surface area (Å²) in [5.74, 6) is -0.0873. The van der Waals surface area contributed by atoms with Crippen LogP contribution in [0, 0.1) is 5.41 Å². The first-order valence-electron chi connectivity index (χ1n) is 7.57. The second kappa shape index (κ2) is 8.84. The molecular formula is C18H19ClN4O. The van der Waals surface area contributed by atoms with Crippen molar-refractivity contribution >= 4 is 29.0 Å². The Morgan fingerprint density at radius 3 is 2.79 bits per heavy atom. The maximum Gasteiger partial charge on any atom is 0.274 e. The van der Waals surface area contributed by atoms with Gasteiger partial charge in [-0.1, -0.05) is 29.8 Å². The number of carbonyl (C=O) groups is 1. The van der Waals surface area contributed by atoms with E-state index in [1.807, 2.05) is 37.3 Å². The molecule has 1 aromatic heterocycles. The Labute approximate surface area is 146 Å². The van der Waals surface area contributed by atoms with Crippen LogP contribution in [0.4, 0.5) is 5.82 Å². The number of halogens is 1. The molecule has 0 fully saturated rings. The fourth-order valence-electron chi connectivity index (χ4n) is 2.01. The molecule has 0 aliphatic carbocycles. The van der Waals surface area contributed by atoms with Crippen molar-refractivity contribution in [2.24, 2.45) is 0 Å². The van der Waals surface area contributed by atoms with Crippen LogP contribution in [0.1, 0.15) is 18.1 Å². The smallest absolute Gasteiger partial charge is 0.274 e. The molecule has 0 aliphatic rings. The van der Waals surface area contributed by atoms with Gasteiger partial charge in [0.25, 0.3) is 5.91 Å². The Balaban J connectivity index is 1.94. The van der Waals surface area contributed by atoms with Crippen LogP contribution in [0.2, 0.25) is 5.02 Å². The van der Waals surface area contributed by atoms with E-state index in [1.54, 1.807) is 18.5 Å². The van der Waals surface area contributed by atoms with Crippen LogP contribution in [-0.2, 0) is 11.2 Å². The van der Waals surface area contributed by atoms with Gasteiger partial charge in [0.15, 0.2) is 0 Å². The largest absolute Gasteiger partial charge is 0.391 e. The fourth-order valence-corrected chi connectivity index (χ4v) is 2.22. The van der Waals surface area contributed by atoms with E-state index in [-0.39, 0.29) is 5.71 Å². The third kappa shape index (κ3) is 5.52. The highest BCUT2D eigenvalue weighted by atomic mass is 35.5. The van der Waals surface area contributed by atoms with E-state index in [9.17, 15) is 4.79 Å². The molecule has 3 N–H and O–H groups in total. The van der Waals surface area contributed by atoms with Gasteiger partial charge in [0.1, 0.15) is 11.5 Å². The molecule has 124 valence electrons. The van der Waals surface area contributed by atoms with E-state index in [2.05, 4.69) is 15.6 Å². The molecule has 1 aromatic carbocycles. The second-order valence-electron chi connectivity index (χ2n) is 5.12. The predicted molar refractivity (Wildman–Crippen MR) is 97.7 cm³/mol. The van der Waals surface area contributed by atoms with Crippen molar-refractivity contribution < 1.29 is 4.79 Å². The molecular weight excluding hydrogens is 324 g/mol. The molecule has 0 bridgehead atoms. The lowest BCUT2D eigenvalue weighted by Crippen LogP contribution is -2.21. The molecule has 0 saturated carbocycles. The number of pyridine rings is 1. The van der Waals surface area contributed by atoms with Gasteiger partial charge in [-0.25, -0.2) is 4.98 Å². The summed E-state index contributed by atoms with van der Waals surface area (Å²) in [6, 6.07) is 11.3. The van der Waals surface area contributed by atoms with Crippen LogP contribution >= 0.6 is 11.6 Å². The number of rotatable bonds is 7. The Morgan fingerprint density at radius 2 is 2.12 bits per heavy atom. The average molecular weight is 343 g/mol. The second-order valence-corrected chi connectivity index (χ2v) is 5.55. The van der Waals surface area contributed by atoms with Gasteiger partial charge < -0.3 is 10.6 Å². The van der Waals surface area contributed by atoms with E-state index >= 15 is 0 Å². The Hall–Kier alpha value is -2.66. The van der Waals surface area contributed by atoms with Crippen molar-refractivity contribution in [3.63, 3.8) is 0 Å². The fraction of sp³-hybridized carbons (Fsp3) is 0.167. The molecule has 24 heavy (non-hydrogen) atoms. The van der Waals surface area contributed by atoms with Crippen molar-refractivity contribution in [3.8, 4) is 0 Å². The van der Waals surface area contributed by atoms with Crippen molar-refractivity contribution in [1.29, 1.82) is 5.41 Å². The summed E-state index contributed by atoms with van der Waals surface area (Å²) in [6.45, 7) is 2.67. The summed E-state index contributed by atoms with van der Waals surface area (Å²) in [6.07, 6.45) is 5.40. The summed E-state index contributed by atoms with van der Waals surface area (Å²) in [4.78, 5) is 16.1. The van der Waals surface area contributed by atoms with Gasteiger partial charge in [0.05, 0.1) is 0 Å². The molecule has 0 atom stereocenters. The van der Waals surface area contributed by atoms with Crippen LogP contribution in [0.25, 0.3) is 0 Å². The lowest BCUT2D eigenvalue weighted by atomic mass is 10.1.